The molecule has 1 amide bonds. The number of carbonyl (C=O) groups is 1. The summed E-state index contributed by atoms with van der Waals surface area (Å²) < 4.78 is 23.0. The quantitative estimate of drug-likeness (QED) is 0.0204. The molecule has 2 aliphatic rings. The Hall–Kier alpha value is -3.09. The maximum atomic E-state index is 13.4. The zero-order valence-electron chi connectivity index (χ0n) is 65.8. The van der Waals surface area contributed by atoms with Crippen molar-refractivity contribution in [1.29, 1.82) is 0 Å². The van der Waals surface area contributed by atoms with E-state index >= 15 is 0 Å². The SMILES string of the molecule is CC/C=C\C/C=C\C/C=C\C/C=C\C/C=C\C/C=C\C/C=C\C/C=C\CCCCCCCCCCCCCCCCCCC(=O)NC(COC1OC(CO)C(OC2OC(CO)C(O)C(O)C2O)C(O)C1O)C(O)CCCCCCCCCCCCCCCCCCCCCCCCCCCCCC. The molecular formula is C89H159NO13. The van der Waals surface area contributed by atoms with Gasteiger partial charge < -0.3 is 65.1 Å². The van der Waals surface area contributed by atoms with Crippen LogP contribution >= 0.6 is 0 Å². The van der Waals surface area contributed by atoms with E-state index in [-0.39, 0.29) is 12.5 Å². The molecule has 2 saturated heterocycles. The molecule has 0 aliphatic carbocycles. The van der Waals surface area contributed by atoms with Crippen LogP contribution < -0.4 is 5.32 Å². The number of amides is 1. The van der Waals surface area contributed by atoms with Crippen molar-refractivity contribution in [2.24, 2.45) is 0 Å². The van der Waals surface area contributed by atoms with Gasteiger partial charge in [-0.05, 0) is 77.0 Å². The van der Waals surface area contributed by atoms with E-state index in [1.165, 1.54) is 238 Å². The summed E-state index contributed by atoms with van der Waals surface area (Å²) in [6, 6.07) is -0.835. The van der Waals surface area contributed by atoms with Gasteiger partial charge in [0.25, 0.3) is 0 Å². The second-order valence-corrected chi connectivity index (χ2v) is 29.9. The van der Waals surface area contributed by atoms with Crippen molar-refractivity contribution in [1.82, 2.24) is 5.32 Å². The van der Waals surface area contributed by atoms with Gasteiger partial charge in [-0.1, -0.05) is 381 Å². The fourth-order valence-corrected chi connectivity index (χ4v) is 13.8. The van der Waals surface area contributed by atoms with Gasteiger partial charge in [0, 0.05) is 6.42 Å². The van der Waals surface area contributed by atoms with Crippen LogP contribution in [-0.2, 0) is 23.7 Å². The zero-order chi connectivity index (χ0) is 74.4. The van der Waals surface area contributed by atoms with Crippen molar-refractivity contribution >= 4 is 5.91 Å². The maximum absolute atomic E-state index is 13.4. The van der Waals surface area contributed by atoms with Gasteiger partial charge in [0.05, 0.1) is 32.0 Å². The zero-order valence-corrected chi connectivity index (χ0v) is 65.8. The number of ether oxygens (including phenoxy) is 4. The molecule has 12 atom stereocenters. The van der Waals surface area contributed by atoms with E-state index in [0.717, 1.165) is 103 Å². The van der Waals surface area contributed by atoms with Crippen LogP contribution in [0, 0.1) is 0 Å². The first-order valence-corrected chi connectivity index (χ1v) is 43.0. The predicted octanol–water partition coefficient (Wildman–Crippen LogP) is 20.4. The van der Waals surface area contributed by atoms with Crippen LogP contribution in [0.2, 0.25) is 0 Å². The molecule has 14 heteroatoms. The largest absolute Gasteiger partial charge is 0.394 e. The number of nitrogens with one attached hydrogen (secondary N) is 1. The topological polar surface area (TPSA) is 228 Å². The minimum atomic E-state index is -1.79. The Morgan fingerprint density at radius 2 is 0.670 bits per heavy atom. The average molecular weight is 1450 g/mol. The number of carbonyl (C=O) groups excluding carboxylic acids is 1. The monoisotopic (exact) mass is 1450 g/mol. The summed E-state index contributed by atoms with van der Waals surface area (Å²) >= 11 is 0. The van der Waals surface area contributed by atoms with E-state index in [2.05, 4.69) is 116 Å². The van der Waals surface area contributed by atoms with Crippen LogP contribution in [0.3, 0.4) is 0 Å². The lowest BCUT2D eigenvalue weighted by molar-refractivity contribution is -0.359. The predicted molar refractivity (Wildman–Crippen MR) is 429 cm³/mol. The van der Waals surface area contributed by atoms with E-state index < -0.39 is 86.8 Å². The second kappa shape index (κ2) is 71.8. The smallest absolute Gasteiger partial charge is 0.220 e. The Morgan fingerprint density at radius 1 is 0.359 bits per heavy atom. The van der Waals surface area contributed by atoms with Gasteiger partial charge in [-0.3, -0.25) is 4.79 Å². The number of unbranched alkanes of at least 4 members (excludes halogenated alkanes) is 43. The fourth-order valence-electron chi connectivity index (χ4n) is 13.8. The molecule has 0 bridgehead atoms. The molecule has 103 heavy (non-hydrogen) atoms. The van der Waals surface area contributed by atoms with Crippen molar-refractivity contribution in [2.45, 2.75) is 441 Å². The highest BCUT2D eigenvalue weighted by atomic mass is 16.7. The van der Waals surface area contributed by atoms with Crippen molar-refractivity contribution < 1.29 is 64.6 Å². The van der Waals surface area contributed by atoms with Gasteiger partial charge in [-0.15, -0.1) is 0 Å². The Kier molecular flexibility index (Phi) is 66.9. The van der Waals surface area contributed by atoms with Crippen molar-refractivity contribution in [2.75, 3.05) is 19.8 Å². The van der Waals surface area contributed by atoms with Gasteiger partial charge in [-0.2, -0.15) is 0 Å². The summed E-state index contributed by atoms with van der Waals surface area (Å²) in [5, 5.41) is 88.0. The van der Waals surface area contributed by atoms with Crippen LogP contribution in [0.25, 0.3) is 0 Å². The summed E-state index contributed by atoms with van der Waals surface area (Å²) in [5.41, 5.74) is 0. The molecule has 0 radical (unpaired) electrons. The number of aliphatic hydroxyl groups is 8. The highest BCUT2D eigenvalue weighted by Crippen LogP contribution is 2.30. The average Bonchev–Trinajstić information content (AvgIpc) is 0.791. The van der Waals surface area contributed by atoms with Gasteiger partial charge >= 0.3 is 0 Å². The summed E-state index contributed by atoms with van der Waals surface area (Å²) in [6.45, 7) is 2.80. The van der Waals surface area contributed by atoms with Crippen molar-refractivity contribution in [3.8, 4) is 0 Å². The van der Waals surface area contributed by atoms with E-state index in [1.54, 1.807) is 0 Å². The highest BCUT2D eigenvalue weighted by molar-refractivity contribution is 5.76. The lowest BCUT2D eigenvalue weighted by Crippen LogP contribution is -2.65. The Bertz CT molecular complexity index is 2110. The van der Waals surface area contributed by atoms with Crippen LogP contribution in [0.5, 0.6) is 0 Å². The first kappa shape index (κ1) is 96.0. The van der Waals surface area contributed by atoms with E-state index in [9.17, 15) is 45.6 Å². The third kappa shape index (κ3) is 54.2. The molecule has 9 N–H and O–H groups in total. The summed E-state index contributed by atoms with van der Waals surface area (Å²) in [7, 11) is 0. The first-order valence-electron chi connectivity index (χ1n) is 43.0. The third-order valence-electron chi connectivity index (χ3n) is 20.6. The summed E-state index contributed by atoms with van der Waals surface area (Å²) in [6.07, 6.45) is 86.0. The first-order chi connectivity index (χ1) is 50.6. The van der Waals surface area contributed by atoms with Crippen LogP contribution in [0.15, 0.2) is 97.2 Å². The molecule has 2 heterocycles. The third-order valence-corrected chi connectivity index (χ3v) is 20.6. The number of allylic oxidation sites excluding steroid dienone is 16. The van der Waals surface area contributed by atoms with Gasteiger partial charge in [0.2, 0.25) is 5.91 Å². The van der Waals surface area contributed by atoms with Gasteiger partial charge in [0.15, 0.2) is 12.6 Å². The second-order valence-electron chi connectivity index (χ2n) is 29.9. The van der Waals surface area contributed by atoms with Crippen LogP contribution in [0.4, 0.5) is 0 Å². The van der Waals surface area contributed by atoms with E-state index in [0.29, 0.717) is 12.8 Å². The Morgan fingerprint density at radius 3 is 1.03 bits per heavy atom. The summed E-state index contributed by atoms with van der Waals surface area (Å²) in [4.78, 5) is 13.4. The molecule has 0 aromatic rings. The number of hydrogen-bond donors (Lipinski definition) is 9. The minimum absolute atomic E-state index is 0.203. The normalized spacial score (nSPS) is 22.0. The number of rotatable bonds is 72. The minimum Gasteiger partial charge on any atom is -0.394 e. The van der Waals surface area contributed by atoms with Crippen molar-refractivity contribution in [3.63, 3.8) is 0 Å². The Labute approximate surface area is 630 Å². The van der Waals surface area contributed by atoms with Crippen molar-refractivity contribution in [3.05, 3.63) is 97.2 Å². The molecule has 0 saturated carbocycles. The van der Waals surface area contributed by atoms with Crippen LogP contribution in [0.1, 0.15) is 367 Å². The molecule has 0 aromatic heterocycles. The van der Waals surface area contributed by atoms with Crippen LogP contribution in [-0.4, -0.2) is 140 Å². The molecule has 0 aromatic carbocycles. The maximum Gasteiger partial charge on any atom is 0.220 e. The molecule has 0 spiro atoms. The molecule has 598 valence electrons. The van der Waals surface area contributed by atoms with E-state index in [1.807, 2.05) is 0 Å². The number of aliphatic hydroxyl groups excluding tert-OH is 8. The lowest BCUT2D eigenvalue weighted by Gasteiger charge is -2.46. The summed E-state index contributed by atoms with van der Waals surface area (Å²) in [5.74, 6) is -0.203. The van der Waals surface area contributed by atoms with Gasteiger partial charge in [0.1, 0.15) is 48.8 Å². The molecular weight excluding hydrogens is 1290 g/mol. The Balaban J connectivity index is 1.57. The fraction of sp³-hybridized carbons (Fsp3) is 0.809. The standard InChI is InChI=1S/C89H159NO13/c1-3-5-7-9-11-13-15-17-19-21-23-25-27-29-31-33-34-35-36-37-38-39-40-41-42-43-44-45-47-49-51-53-55-57-59-61-63-65-67-69-71-73-81(94)90-77(76-100-88-86(99)84(97)87(80(75-92)102-88)103-89-85(98)83(96)82(95)79(74-91)101-89)78(93)72-70-68-66-64-62-60-58-56-54-52-50-48-46-32-30-28-26-24-22-20-18-16-14-12-10-8-6-4-2/h5,7,11,13,17,19,23,25,29,31,34-35,37-38,40-41,77-80,82-89,91-93,95-99H,3-4,6,8-10,12,14-16,18,20-22,24,26-28,30,32-33,36,39,42-76H2,1-2H3,(H,90,94)/b7-5-,13-11-,19-17-,25-23-,31-29-,35-34-,38-37-,41-40-. The molecule has 2 aliphatic heterocycles. The number of hydrogen-bond acceptors (Lipinski definition) is 13. The lowest BCUT2D eigenvalue weighted by atomic mass is 9.97. The molecule has 12 unspecified atom stereocenters. The van der Waals surface area contributed by atoms with Gasteiger partial charge in [-0.25, -0.2) is 0 Å². The molecule has 2 rings (SSSR count). The molecule has 2 fully saturated rings. The van der Waals surface area contributed by atoms with E-state index in [4.69, 9.17) is 18.9 Å². The molecule has 14 nitrogen and oxygen atoms in total. The highest BCUT2D eigenvalue weighted by Gasteiger charge is 2.51.